The van der Waals surface area contributed by atoms with Gasteiger partial charge in [-0.15, -0.1) is 0 Å². The third kappa shape index (κ3) is 1.68. The van der Waals surface area contributed by atoms with Gasteiger partial charge in [-0.3, -0.25) is 0 Å². The van der Waals surface area contributed by atoms with Crippen molar-refractivity contribution in [2.45, 2.75) is 6.92 Å². The monoisotopic (exact) mass is 243 g/mol. The highest BCUT2D eigenvalue weighted by Crippen LogP contribution is 2.28. The van der Waals surface area contributed by atoms with Crippen molar-refractivity contribution in [3.05, 3.63) is 59.9 Å². The second-order valence-electron chi connectivity index (χ2n) is 4.38. The van der Waals surface area contributed by atoms with E-state index in [0.29, 0.717) is 21.6 Å². The van der Waals surface area contributed by atoms with E-state index in [9.17, 15) is 8.87 Å². The lowest BCUT2D eigenvalue weighted by Gasteiger charge is -2.00. The lowest BCUT2D eigenvalue weighted by Crippen LogP contribution is -1.86. The SMILES string of the molecule is Cc1ccc2c(c1)cc(-c1ccc(F)cc1)n2F. The lowest BCUT2D eigenvalue weighted by molar-refractivity contribution is 0.394. The summed E-state index contributed by atoms with van der Waals surface area (Å²) in [5, 5.41) is 0.844. The standard InChI is InChI=1S/C15H11F2N/c1-10-2-7-14-12(8-10)9-15(18(14)17)11-3-5-13(16)6-4-11/h2-9H,1H3. The van der Waals surface area contributed by atoms with E-state index in [1.807, 2.05) is 19.1 Å². The van der Waals surface area contributed by atoms with E-state index in [1.54, 1.807) is 24.3 Å². The number of hydrogen-bond donors (Lipinski definition) is 0. The summed E-state index contributed by atoms with van der Waals surface area (Å²) in [4.78, 5) is 0.641. The molecule has 90 valence electrons. The zero-order valence-electron chi connectivity index (χ0n) is 9.82. The van der Waals surface area contributed by atoms with Crippen LogP contribution < -0.4 is 0 Å². The molecule has 0 unspecified atom stereocenters. The molecule has 0 fully saturated rings. The van der Waals surface area contributed by atoms with Gasteiger partial charge < -0.3 is 0 Å². The van der Waals surface area contributed by atoms with Gasteiger partial charge >= 0.3 is 0 Å². The van der Waals surface area contributed by atoms with Gasteiger partial charge in [0, 0.05) is 10.9 Å². The molecule has 0 spiro atoms. The molecule has 0 radical (unpaired) electrons. The van der Waals surface area contributed by atoms with Gasteiger partial charge in [-0.05, 0) is 49.4 Å². The zero-order chi connectivity index (χ0) is 12.7. The minimum atomic E-state index is -0.323. The number of hydrogen-bond acceptors (Lipinski definition) is 0. The van der Waals surface area contributed by atoms with Gasteiger partial charge in [-0.2, -0.15) is 4.79 Å². The number of benzene rings is 2. The Hall–Kier alpha value is -2.16. The predicted molar refractivity (Wildman–Crippen MR) is 68.6 cm³/mol. The summed E-state index contributed by atoms with van der Waals surface area (Å²) in [6.45, 7) is 1.96. The van der Waals surface area contributed by atoms with E-state index >= 15 is 0 Å². The Morgan fingerprint density at radius 2 is 1.67 bits per heavy atom. The largest absolute Gasteiger partial charge is 0.207 e. The maximum atomic E-state index is 14.2. The van der Waals surface area contributed by atoms with Crippen LogP contribution in [0.3, 0.4) is 0 Å². The average Bonchev–Trinajstić information content (AvgIpc) is 2.67. The average molecular weight is 243 g/mol. The molecule has 0 amide bonds. The molecular formula is C15H11F2N. The first-order chi connectivity index (χ1) is 8.65. The van der Waals surface area contributed by atoms with E-state index in [0.717, 1.165) is 10.9 Å². The Kier molecular flexibility index (Phi) is 2.40. The molecule has 0 atom stereocenters. The number of aryl methyl sites for hydroxylation is 1. The van der Waals surface area contributed by atoms with Crippen molar-refractivity contribution in [1.82, 2.24) is 4.79 Å². The van der Waals surface area contributed by atoms with Crippen molar-refractivity contribution >= 4 is 10.9 Å². The summed E-state index contributed by atoms with van der Waals surface area (Å²) >= 11 is 0. The van der Waals surface area contributed by atoms with Crippen LogP contribution >= 0.6 is 0 Å². The molecule has 0 aliphatic rings. The molecule has 0 bridgehead atoms. The molecule has 0 N–H and O–H groups in total. The van der Waals surface area contributed by atoms with Crippen LogP contribution in [0.1, 0.15) is 5.56 Å². The molecule has 0 aliphatic heterocycles. The van der Waals surface area contributed by atoms with Crippen LogP contribution in [0.2, 0.25) is 0 Å². The Morgan fingerprint density at radius 3 is 2.39 bits per heavy atom. The highest BCUT2D eigenvalue weighted by molar-refractivity contribution is 5.87. The minimum absolute atomic E-state index is 0.323. The van der Waals surface area contributed by atoms with Crippen molar-refractivity contribution in [1.29, 1.82) is 0 Å². The Morgan fingerprint density at radius 1 is 0.944 bits per heavy atom. The Balaban J connectivity index is 2.23. The summed E-state index contributed by atoms with van der Waals surface area (Å²) in [7, 11) is 0. The minimum Gasteiger partial charge on any atom is -0.207 e. The summed E-state index contributed by atoms with van der Waals surface area (Å²) in [5.41, 5.74) is 2.71. The van der Waals surface area contributed by atoms with E-state index < -0.39 is 0 Å². The van der Waals surface area contributed by atoms with Crippen LogP contribution in [0.5, 0.6) is 0 Å². The molecular weight excluding hydrogens is 232 g/mol. The first-order valence-corrected chi connectivity index (χ1v) is 5.69. The van der Waals surface area contributed by atoms with Crippen molar-refractivity contribution in [2.75, 3.05) is 0 Å². The second kappa shape index (κ2) is 3.95. The van der Waals surface area contributed by atoms with Gasteiger partial charge in [0.15, 0.2) is 0 Å². The van der Waals surface area contributed by atoms with E-state index in [4.69, 9.17) is 0 Å². The smallest absolute Gasteiger partial charge is 0.123 e. The molecule has 2 aromatic carbocycles. The van der Waals surface area contributed by atoms with Crippen LogP contribution in [0.15, 0.2) is 48.5 Å². The summed E-state index contributed by atoms with van der Waals surface area (Å²) in [6.07, 6.45) is 0. The maximum absolute atomic E-state index is 14.2. The molecule has 1 nitrogen and oxygen atoms in total. The molecule has 3 rings (SSSR count). The topological polar surface area (TPSA) is 4.93 Å². The molecule has 0 aliphatic carbocycles. The lowest BCUT2D eigenvalue weighted by atomic mass is 10.1. The molecule has 3 heteroatoms. The zero-order valence-corrected chi connectivity index (χ0v) is 9.82. The number of halogens is 2. The first-order valence-electron chi connectivity index (χ1n) is 5.69. The summed E-state index contributed by atoms with van der Waals surface area (Å²) < 4.78 is 27.0. The van der Waals surface area contributed by atoms with Crippen molar-refractivity contribution < 1.29 is 8.87 Å². The van der Waals surface area contributed by atoms with Crippen LogP contribution in [0.25, 0.3) is 22.2 Å². The fourth-order valence-electron chi connectivity index (χ4n) is 2.12. The second-order valence-corrected chi connectivity index (χ2v) is 4.38. The fourth-order valence-corrected chi connectivity index (χ4v) is 2.12. The van der Waals surface area contributed by atoms with Gasteiger partial charge in [0.05, 0.1) is 11.2 Å². The van der Waals surface area contributed by atoms with Crippen molar-refractivity contribution in [2.24, 2.45) is 0 Å². The summed E-state index contributed by atoms with van der Waals surface area (Å²) in [6, 6.07) is 13.1. The summed E-state index contributed by atoms with van der Waals surface area (Å²) in [5.74, 6) is -0.323. The van der Waals surface area contributed by atoms with Gasteiger partial charge in [0.1, 0.15) is 5.82 Å². The third-order valence-corrected chi connectivity index (χ3v) is 3.04. The number of fused-ring (bicyclic) bond motifs is 1. The molecule has 0 saturated heterocycles. The Bertz CT molecular complexity index is 711. The van der Waals surface area contributed by atoms with E-state index in [2.05, 4.69) is 0 Å². The highest BCUT2D eigenvalue weighted by atomic mass is 19.2. The van der Waals surface area contributed by atoms with Crippen LogP contribution in [0, 0.1) is 12.7 Å². The maximum Gasteiger partial charge on any atom is 0.123 e. The molecule has 1 aromatic heterocycles. The Labute approximate surface area is 103 Å². The quantitative estimate of drug-likeness (QED) is 0.593. The van der Waals surface area contributed by atoms with Gasteiger partial charge in [-0.1, -0.05) is 16.1 Å². The highest BCUT2D eigenvalue weighted by Gasteiger charge is 2.10. The van der Waals surface area contributed by atoms with Gasteiger partial charge in [0.2, 0.25) is 0 Å². The van der Waals surface area contributed by atoms with Gasteiger partial charge in [-0.25, -0.2) is 4.39 Å². The molecule has 18 heavy (non-hydrogen) atoms. The van der Waals surface area contributed by atoms with E-state index in [-0.39, 0.29) is 5.82 Å². The number of aromatic nitrogens is 1. The van der Waals surface area contributed by atoms with Gasteiger partial charge in [0.25, 0.3) is 0 Å². The fraction of sp³-hybridized carbons (Fsp3) is 0.0667. The van der Waals surface area contributed by atoms with E-state index in [1.165, 1.54) is 12.1 Å². The molecule has 0 saturated carbocycles. The third-order valence-electron chi connectivity index (χ3n) is 3.04. The molecule has 3 aromatic rings. The van der Waals surface area contributed by atoms with Crippen molar-refractivity contribution in [3.8, 4) is 11.3 Å². The normalized spacial score (nSPS) is 11.1. The van der Waals surface area contributed by atoms with Crippen molar-refractivity contribution in [3.63, 3.8) is 0 Å². The van der Waals surface area contributed by atoms with Crippen LogP contribution in [0.4, 0.5) is 8.87 Å². The first kappa shape index (κ1) is 11.0. The van der Waals surface area contributed by atoms with Crippen LogP contribution in [-0.4, -0.2) is 4.79 Å². The molecule has 1 heterocycles. The van der Waals surface area contributed by atoms with Crippen LogP contribution in [-0.2, 0) is 0 Å². The number of rotatable bonds is 1. The number of nitrogens with zero attached hydrogens (tertiary/aromatic N) is 1. The predicted octanol–water partition coefficient (Wildman–Crippen LogP) is 4.49.